The molecule has 7 heteroatoms. The van der Waals surface area contributed by atoms with Gasteiger partial charge in [-0.15, -0.1) is 0 Å². The second kappa shape index (κ2) is 5.83. The molecule has 0 aliphatic carbocycles. The summed E-state index contributed by atoms with van der Waals surface area (Å²) in [5, 5.41) is 0. The summed E-state index contributed by atoms with van der Waals surface area (Å²) in [6, 6.07) is 0. The Hall–Kier alpha value is -1.89. The minimum absolute atomic E-state index is 0.123. The minimum atomic E-state index is -0.838. The molecule has 0 amide bonds. The fourth-order valence-electron chi connectivity index (χ4n) is 1.40. The molecule has 0 saturated carbocycles. The Bertz CT molecular complexity index is 441. The summed E-state index contributed by atoms with van der Waals surface area (Å²) >= 11 is 0. The van der Waals surface area contributed by atoms with Crippen LogP contribution in [-0.2, 0) is 19.8 Å². The number of rotatable bonds is 5. The van der Waals surface area contributed by atoms with Gasteiger partial charge in [0, 0.05) is 7.11 Å². The fourth-order valence-corrected chi connectivity index (χ4v) is 1.40. The first kappa shape index (κ1) is 15.2. The van der Waals surface area contributed by atoms with Crippen LogP contribution in [0.3, 0.4) is 0 Å². The van der Waals surface area contributed by atoms with E-state index in [1.165, 1.54) is 21.3 Å². The molecule has 0 spiro atoms. The number of carbonyl (C=O) groups is 2. The van der Waals surface area contributed by atoms with Crippen molar-refractivity contribution < 1.29 is 28.2 Å². The number of hydrogen-bond acceptors (Lipinski definition) is 7. The Morgan fingerprint density at radius 3 is 2.21 bits per heavy atom. The highest BCUT2D eigenvalue weighted by molar-refractivity contribution is 5.99. The van der Waals surface area contributed by atoms with Gasteiger partial charge in [-0.1, -0.05) is 6.92 Å². The average Bonchev–Trinajstić information content (AvgIpc) is 2.90. The number of esters is 2. The van der Waals surface area contributed by atoms with Crippen molar-refractivity contribution in [2.75, 3.05) is 21.3 Å². The van der Waals surface area contributed by atoms with Gasteiger partial charge < -0.3 is 18.6 Å². The highest BCUT2D eigenvalue weighted by atomic mass is 16.5. The normalized spacial score (nSPS) is 13.7. The molecule has 0 radical (unpaired) electrons. The molecule has 0 bridgehead atoms. The lowest BCUT2D eigenvalue weighted by Crippen LogP contribution is -2.23. The summed E-state index contributed by atoms with van der Waals surface area (Å²) in [7, 11) is 3.86. The van der Waals surface area contributed by atoms with Gasteiger partial charge in [0.1, 0.15) is 5.60 Å². The summed E-state index contributed by atoms with van der Waals surface area (Å²) < 4.78 is 19.7. The molecule has 1 atom stereocenters. The van der Waals surface area contributed by atoms with E-state index in [0.29, 0.717) is 6.42 Å². The molecule has 0 aliphatic rings. The first-order valence-corrected chi connectivity index (χ1v) is 5.66. The van der Waals surface area contributed by atoms with Gasteiger partial charge in [0.2, 0.25) is 17.3 Å². The van der Waals surface area contributed by atoms with Crippen LogP contribution in [0.2, 0.25) is 0 Å². The predicted octanol–water partition coefficient (Wildman–Crippen LogP) is 1.52. The highest BCUT2D eigenvalue weighted by Gasteiger charge is 2.35. The maximum Gasteiger partial charge on any atom is 0.376 e. The number of aromatic nitrogens is 1. The molecule has 1 unspecified atom stereocenters. The van der Waals surface area contributed by atoms with Gasteiger partial charge in [-0.05, 0) is 13.3 Å². The number of oxazole rings is 1. The zero-order valence-electron chi connectivity index (χ0n) is 11.6. The molecule has 0 aliphatic heterocycles. The van der Waals surface area contributed by atoms with E-state index in [2.05, 4.69) is 14.5 Å². The standard InChI is InChI=1S/C12H17NO6/c1-6-12(2,18-5)11-13-7(9(14)16-3)8(19-11)10(15)17-4/h6H2,1-5H3. The van der Waals surface area contributed by atoms with E-state index in [-0.39, 0.29) is 17.3 Å². The molecular weight excluding hydrogens is 254 g/mol. The molecule has 19 heavy (non-hydrogen) atoms. The molecule has 106 valence electrons. The van der Waals surface area contributed by atoms with E-state index in [4.69, 9.17) is 9.15 Å². The Kier molecular flexibility index (Phi) is 4.66. The summed E-state index contributed by atoms with van der Waals surface area (Å²) in [6.45, 7) is 3.60. The van der Waals surface area contributed by atoms with Crippen LogP contribution in [0.25, 0.3) is 0 Å². The van der Waals surface area contributed by atoms with Crippen LogP contribution >= 0.6 is 0 Å². The third-order valence-corrected chi connectivity index (χ3v) is 2.95. The Morgan fingerprint density at radius 2 is 1.79 bits per heavy atom. The van der Waals surface area contributed by atoms with Crippen molar-refractivity contribution in [3.63, 3.8) is 0 Å². The van der Waals surface area contributed by atoms with Gasteiger partial charge in [-0.2, -0.15) is 0 Å². The van der Waals surface area contributed by atoms with E-state index in [1.54, 1.807) is 6.92 Å². The van der Waals surface area contributed by atoms with E-state index in [1.807, 2.05) is 6.92 Å². The maximum absolute atomic E-state index is 11.6. The molecule has 7 nitrogen and oxygen atoms in total. The van der Waals surface area contributed by atoms with Crippen LogP contribution in [-0.4, -0.2) is 38.3 Å². The van der Waals surface area contributed by atoms with Gasteiger partial charge in [0.05, 0.1) is 14.2 Å². The van der Waals surface area contributed by atoms with Crippen LogP contribution in [0.5, 0.6) is 0 Å². The van der Waals surface area contributed by atoms with Gasteiger partial charge in [0.25, 0.3) is 0 Å². The van der Waals surface area contributed by atoms with E-state index < -0.39 is 17.5 Å². The topological polar surface area (TPSA) is 87.9 Å². The Labute approximate surface area is 110 Å². The summed E-state index contributed by atoms with van der Waals surface area (Å²) in [5.74, 6) is -1.74. The molecule has 0 fully saturated rings. The smallest absolute Gasteiger partial charge is 0.376 e. The zero-order valence-corrected chi connectivity index (χ0v) is 11.6. The summed E-state index contributed by atoms with van der Waals surface area (Å²) in [6.07, 6.45) is 0.547. The monoisotopic (exact) mass is 271 g/mol. The van der Waals surface area contributed by atoms with E-state index >= 15 is 0 Å². The molecule has 0 N–H and O–H groups in total. The van der Waals surface area contributed by atoms with Crippen LogP contribution < -0.4 is 0 Å². The van der Waals surface area contributed by atoms with Gasteiger partial charge in [-0.25, -0.2) is 14.6 Å². The van der Waals surface area contributed by atoms with Gasteiger partial charge in [0.15, 0.2) is 0 Å². The number of nitrogens with zero attached hydrogens (tertiary/aromatic N) is 1. The predicted molar refractivity (Wildman–Crippen MR) is 63.8 cm³/mol. The van der Waals surface area contributed by atoms with Crippen LogP contribution in [0.4, 0.5) is 0 Å². The molecule has 0 aromatic carbocycles. The fraction of sp³-hybridized carbons (Fsp3) is 0.583. The third kappa shape index (κ3) is 2.76. The number of hydrogen-bond donors (Lipinski definition) is 0. The van der Waals surface area contributed by atoms with Crippen molar-refractivity contribution in [3.05, 3.63) is 17.3 Å². The zero-order chi connectivity index (χ0) is 14.6. The SMILES string of the molecule is CCC(C)(OC)c1nc(C(=O)OC)c(C(=O)OC)o1. The number of ether oxygens (including phenoxy) is 3. The van der Waals surface area contributed by atoms with Crippen LogP contribution in [0.1, 0.15) is 47.2 Å². The first-order valence-electron chi connectivity index (χ1n) is 5.66. The second-order valence-corrected chi connectivity index (χ2v) is 3.97. The second-order valence-electron chi connectivity index (χ2n) is 3.97. The quantitative estimate of drug-likeness (QED) is 0.750. The van der Waals surface area contributed by atoms with Crippen molar-refractivity contribution in [3.8, 4) is 0 Å². The maximum atomic E-state index is 11.6. The van der Waals surface area contributed by atoms with Crippen molar-refractivity contribution >= 4 is 11.9 Å². The van der Waals surface area contributed by atoms with Crippen molar-refractivity contribution in [1.82, 2.24) is 4.98 Å². The lowest BCUT2D eigenvalue weighted by molar-refractivity contribution is -0.0243. The minimum Gasteiger partial charge on any atom is -0.464 e. The van der Waals surface area contributed by atoms with Crippen molar-refractivity contribution in [1.29, 1.82) is 0 Å². The van der Waals surface area contributed by atoms with Crippen LogP contribution in [0, 0.1) is 0 Å². The Morgan fingerprint density at radius 1 is 1.21 bits per heavy atom. The third-order valence-electron chi connectivity index (χ3n) is 2.95. The summed E-state index contributed by atoms with van der Waals surface area (Å²) in [4.78, 5) is 27.1. The molecular formula is C12H17NO6. The van der Waals surface area contributed by atoms with Crippen molar-refractivity contribution in [2.24, 2.45) is 0 Å². The summed E-state index contributed by atoms with van der Waals surface area (Å²) in [5.41, 5.74) is -1.06. The van der Waals surface area contributed by atoms with E-state index in [0.717, 1.165) is 0 Å². The highest BCUT2D eigenvalue weighted by Crippen LogP contribution is 2.29. The molecule has 1 heterocycles. The average molecular weight is 271 g/mol. The molecule has 1 aromatic rings. The largest absolute Gasteiger partial charge is 0.464 e. The first-order chi connectivity index (χ1) is 8.93. The lowest BCUT2D eigenvalue weighted by Gasteiger charge is -2.22. The lowest BCUT2D eigenvalue weighted by atomic mass is 10.0. The number of methoxy groups -OCH3 is 3. The van der Waals surface area contributed by atoms with Gasteiger partial charge in [-0.3, -0.25) is 0 Å². The molecule has 0 saturated heterocycles. The van der Waals surface area contributed by atoms with E-state index in [9.17, 15) is 9.59 Å². The van der Waals surface area contributed by atoms with Gasteiger partial charge >= 0.3 is 11.9 Å². The number of carbonyl (C=O) groups excluding carboxylic acids is 2. The van der Waals surface area contributed by atoms with Crippen molar-refractivity contribution in [2.45, 2.75) is 25.9 Å². The molecule has 1 aromatic heterocycles. The Balaban J connectivity index is 3.35. The van der Waals surface area contributed by atoms with Crippen LogP contribution in [0.15, 0.2) is 4.42 Å². The molecule has 1 rings (SSSR count).